The van der Waals surface area contributed by atoms with Crippen LogP contribution in [0, 0.1) is 3.57 Å². The first kappa shape index (κ1) is 29.3. The average molecular weight is 646 g/mol. The summed E-state index contributed by atoms with van der Waals surface area (Å²) >= 11 is 4.01. The second-order valence-electron chi connectivity index (χ2n) is 8.51. The highest BCUT2D eigenvalue weighted by Gasteiger charge is 2.16. The van der Waals surface area contributed by atoms with Crippen molar-refractivity contribution in [3.05, 3.63) is 62.8 Å². The molecule has 0 saturated carbocycles. The molecule has 0 aliphatic carbocycles. The average Bonchev–Trinajstić information content (AvgIpc) is 3.12. The number of esters is 1. The zero-order chi connectivity index (χ0) is 26.9. The van der Waals surface area contributed by atoms with Crippen molar-refractivity contribution >= 4 is 57.3 Å². The van der Waals surface area contributed by atoms with E-state index in [2.05, 4.69) is 41.4 Å². The molecule has 0 bridgehead atoms. The summed E-state index contributed by atoms with van der Waals surface area (Å²) in [5.41, 5.74) is 1.82. The van der Waals surface area contributed by atoms with Gasteiger partial charge in [0.25, 0.3) is 12.3 Å². The van der Waals surface area contributed by atoms with Gasteiger partial charge in [-0.1, -0.05) is 26.0 Å². The zero-order valence-electron chi connectivity index (χ0n) is 21.0. The van der Waals surface area contributed by atoms with Gasteiger partial charge in [-0.25, -0.2) is 8.78 Å². The molecule has 7 nitrogen and oxygen atoms in total. The molecule has 3 aromatic rings. The summed E-state index contributed by atoms with van der Waals surface area (Å²) in [6.45, 7) is 6.91. The van der Waals surface area contributed by atoms with Gasteiger partial charge in [0.15, 0.2) is 0 Å². The highest BCUT2D eigenvalue weighted by atomic mass is 127. The Balaban J connectivity index is 2.05. The number of ether oxygens (including phenoxy) is 2. The Morgan fingerprint density at radius 3 is 2.57 bits per heavy atom. The second-order valence-corrected chi connectivity index (χ2v) is 11.4. The minimum absolute atomic E-state index is 0.0740. The highest BCUT2D eigenvalue weighted by molar-refractivity contribution is 14.1. The van der Waals surface area contributed by atoms with Gasteiger partial charge in [0.2, 0.25) is 5.62 Å². The molecule has 0 aliphatic rings. The zero-order valence-corrected chi connectivity index (χ0v) is 23.9. The Hall–Kier alpha value is -2.25. The van der Waals surface area contributed by atoms with Crippen molar-refractivity contribution < 1.29 is 27.8 Å². The number of amides is 1. The molecule has 0 spiro atoms. The van der Waals surface area contributed by atoms with Crippen LogP contribution < -0.4 is 5.62 Å². The lowest BCUT2D eigenvalue weighted by Gasteiger charge is -2.09. The lowest BCUT2D eigenvalue weighted by molar-refractivity contribution is -0.141. The molecule has 0 fully saturated rings. The van der Waals surface area contributed by atoms with Crippen molar-refractivity contribution in [2.24, 2.45) is 4.99 Å². The van der Waals surface area contributed by atoms with E-state index in [1.54, 1.807) is 11.8 Å². The fourth-order valence-electron chi connectivity index (χ4n) is 3.67. The van der Waals surface area contributed by atoms with E-state index in [-0.39, 0.29) is 30.4 Å². The highest BCUT2D eigenvalue weighted by Crippen LogP contribution is 2.21. The molecule has 2 aromatic carbocycles. The molecule has 11 heteroatoms. The van der Waals surface area contributed by atoms with E-state index in [1.165, 1.54) is 25.1 Å². The standard InChI is InChI=1S/C26H30F2IN3O4S/c1-17(2)37-13-12-35-16-32-23-15-21(29)8-9-22(23)31(10-5-11-36-18(3)33)26(32)30-25(34)20-7-4-6-19(14-20)24(27)28/h4,6-9,14-15,17,24H,5,10-13,16H2,1-3H3. The fourth-order valence-corrected chi connectivity index (χ4v) is 4.83. The first-order valence-electron chi connectivity index (χ1n) is 11.9. The predicted octanol–water partition coefficient (Wildman–Crippen LogP) is 5.80. The number of rotatable bonds is 12. The third kappa shape index (κ3) is 8.37. The van der Waals surface area contributed by atoms with Gasteiger partial charge >= 0.3 is 5.97 Å². The van der Waals surface area contributed by atoms with Crippen LogP contribution in [0.15, 0.2) is 47.5 Å². The topological polar surface area (TPSA) is 74.8 Å². The van der Waals surface area contributed by atoms with Gasteiger partial charge in [0, 0.05) is 33.9 Å². The summed E-state index contributed by atoms with van der Waals surface area (Å²) in [6.07, 6.45) is -2.19. The van der Waals surface area contributed by atoms with E-state index in [0.717, 1.165) is 26.4 Å². The van der Waals surface area contributed by atoms with Gasteiger partial charge in [-0.15, -0.1) is 0 Å². The van der Waals surface area contributed by atoms with E-state index in [4.69, 9.17) is 9.47 Å². The van der Waals surface area contributed by atoms with Crippen molar-refractivity contribution in [3.63, 3.8) is 0 Å². The van der Waals surface area contributed by atoms with Gasteiger partial charge in [-0.05, 0) is 64.6 Å². The number of hydrogen-bond acceptors (Lipinski definition) is 5. The molecule has 0 aliphatic heterocycles. The Labute approximate surface area is 232 Å². The number of aromatic nitrogens is 2. The third-order valence-electron chi connectivity index (χ3n) is 5.32. The SMILES string of the molecule is CC(=O)OCCCn1c(=NC(=O)c2cccc(C(F)F)c2)n(COCCSC(C)C)c2cc(I)ccc21. The summed E-state index contributed by atoms with van der Waals surface area (Å²) in [4.78, 5) is 28.7. The number of aryl methyl sites for hydroxylation is 1. The first-order chi connectivity index (χ1) is 17.7. The maximum atomic E-state index is 13.2. The van der Waals surface area contributed by atoms with Crippen LogP contribution >= 0.6 is 34.4 Å². The maximum absolute atomic E-state index is 13.2. The molecule has 1 aromatic heterocycles. The van der Waals surface area contributed by atoms with Gasteiger partial charge in [0.1, 0.15) is 6.73 Å². The van der Waals surface area contributed by atoms with Crippen LogP contribution in [0.1, 0.15) is 49.5 Å². The number of carbonyl (C=O) groups excluding carboxylic acids is 2. The summed E-state index contributed by atoms with van der Waals surface area (Å²) < 4.78 is 42.2. The van der Waals surface area contributed by atoms with Crippen molar-refractivity contribution in [2.45, 2.75) is 52.1 Å². The minimum Gasteiger partial charge on any atom is -0.466 e. The Morgan fingerprint density at radius 1 is 1.08 bits per heavy atom. The number of nitrogens with zero attached hydrogens (tertiary/aromatic N) is 3. The number of carbonyl (C=O) groups is 2. The van der Waals surface area contributed by atoms with Crippen LogP contribution in [0.4, 0.5) is 8.78 Å². The Kier molecular flexibility index (Phi) is 11.1. The largest absolute Gasteiger partial charge is 0.466 e. The monoisotopic (exact) mass is 645 g/mol. The van der Waals surface area contributed by atoms with Crippen molar-refractivity contribution in [2.75, 3.05) is 19.0 Å². The number of benzene rings is 2. The Bertz CT molecular complexity index is 1310. The van der Waals surface area contributed by atoms with Gasteiger partial charge in [-0.3, -0.25) is 14.2 Å². The summed E-state index contributed by atoms with van der Waals surface area (Å²) in [5.74, 6) is -0.179. The van der Waals surface area contributed by atoms with Crippen LogP contribution in [0.2, 0.25) is 0 Å². The van der Waals surface area contributed by atoms with Gasteiger partial charge < -0.3 is 14.0 Å². The number of fused-ring (bicyclic) bond motifs is 1. The number of imidazole rings is 1. The molecular weight excluding hydrogens is 615 g/mol. The predicted molar refractivity (Wildman–Crippen MR) is 149 cm³/mol. The lowest BCUT2D eigenvalue weighted by atomic mass is 10.1. The van der Waals surface area contributed by atoms with Crippen LogP contribution in [-0.4, -0.2) is 45.2 Å². The van der Waals surface area contributed by atoms with Crippen LogP contribution in [0.3, 0.4) is 0 Å². The molecule has 1 heterocycles. The van der Waals surface area contributed by atoms with E-state index in [9.17, 15) is 18.4 Å². The molecule has 37 heavy (non-hydrogen) atoms. The molecule has 200 valence electrons. The quantitative estimate of drug-likeness (QED) is 0.142. The van der Waals surface area contributed by atoms with Crippen molar-refractivity contribution in [3.8, 4) is 0 Å². The molecule has 0 saturated heterocycles. The summed E-state index contributed by atoms with van der Waals surface area (Å²) in [7, 11) is 0. The summed E-state index contributed by atoms with van der Waals surface area (Å²) in [6, 6.07) is 11.2. The normalized spacial score (nSPS) is 12.2. The minimum atomic E-state index is -2.69. The van der Waals surface area contributed by atoms with Gasteiger partial charge in [0.05, 0.1) is 24.2 Å². The molecule has 0 radical (unpaired) electrons. The smallest absolute Gasteiger partial charge is 0.302 e. The number of alkyl halides is 2. The molecule has 0 atom stereocenters. The van der Waals surface area contributed by atoms with Crippen molar-refractivity contribution in [1.29, 1.82) is 0 Å². The molecule has 1 amide bonds. The van der Waals surface area contributed by atoms with E-state index in [1.807, 2.05) is 27.3 Å². The third-order valence-corrected chi connectivity index (χ3v) is 7.06. The fraction of sp³-hybridized carbons (Fsp3) is 0.423. The molecule has 0 N–H and O–H groups in total. The first-order valence-corrected chi connectivity index (χ1v) is 14.0. The van der Waals surface area contributed by atoms with Crippen LogP contribution in [-0.2, 0) is 27.5 Å². The van der Waals surface area contributed by atoms with E-state index >= 15 is 0 Å². The lowest BCUT2D eigenvalue weighted by Crippen LogP contribution is -2.29. The van der Waals surface area contributed by atoms with Crippen LogP contribution in [0.5, 0.6) is 0 Å². The van der Waals surface area contributed by atoms with Gasteiger partial charge in [-0.2, -0.15) is 16.8 Å². The maximum Gasteiger partial charge on any atom is 0.302 e. The molecule has 3 rings (SSSR count). The van der Waals surface area contributed by atoms with Crippen LogP contribution in [0.25, 0.3) is 11.0 Å². The second kappa shape index (κ2) is 14.1. The van der Waals surface area contributed by atoms with E-state index in [0.29, 0.717) is 30.4 Å². The Morgan fingerprint density at radius 2 is 1.86 bits per heavy atom. The number of thioether (sulfide) groups is 1. The number of hydrogen-bond donors (Lipinski definition) is 0. The van der Waals surface area contributed by atoms with Crippen molar-refractivity contribution in [1.82, 2.24) is 9.13 Å². The summed E-state index contributed by atoms with van der Waals surface area (Å²) in [5, 5.41) is 0.490. The number of halogens is 3. The van der Waals surface area contributed by atoms with E-state index < -0.39 is 12.3 Å². The molecular formula is C26H30F2IN3O4S. The molecule has 0 unspecified atom stereocenters.